The van der Waals surface area contributed by atoms with Crippen LogP contribution in [0.5, 0.6) is 0 Å². The Morgan fingerprint density at radius 2 is 2.00 bits per heavy atom. The van der Waals surface area contributed by atoms with Crippen LogP contribution in [0.2, 0.25) is 0 Å². The second kappa shape index (κ2) is 6.26. The van der Waals surface area contributed by atoms with Gasteiger partial charge in [-0.1, -0.05) is 12.2 Å². The molecule has 2 N–H and O–H groups in total. The van der Waals surface area contributed by atoms with Crippen molar-refractivity contribution in [1.82, 2.24) is 14.7 Å². The lowest BCUT2D eigenvalue weighted by atomic mass is 10.3. The van der Waals surface area contributed by atoms with Crippen molar-refractivity contribution in [1.29, 1.82) is 0 Å². The van der Waals surface area contributed by atoms with Crippen molar-refractivity contribution in [3.05, 3.63) is 54.4 Å². The summed E-state index contributed by atoms with van der Waals surface area (Å²) in [6.07, 6.45) is 1.77. The molecule has 0 atom stereocenters. The summed E-state index contributed by atoms with van der Waals surface area (Å²) in [7, 11) is 0. The zero-order chi connectivity index (χ0) is 15.4. The fraction of sp³-hybridized carbons (Fsp3) is 0.250. The van der Waals surface area contributed by atoms with E-state index in [2.05, 4.69) is 11.7 Å². The lowest BCUT2D eigenvalue weighted by Crippen LogP contribution is -2.32. The van der Waals surface area contributed by atoms with E-state index in [9.17, 15) is 4.79 Å². The van der Waals surface area contributed by atoms with Gasteiger partial charge in [-0.25, -0.2) is 4.68 Å². The number of benzene rings is 1. The molecule has 110 valence electrons. The van der Waals surface area contributed by atoms with Crippen LogP contribution >= 0.6 is 0 Å². The van der Waals surface area contributed by atoms with Crippen molar-refractivity contribution in [2.75, 3.05) is 18.8 Å². The number of carbonyl (C=O) groups is 1. The first-order valence-electron chi connectivity index (χ1n) is 6.86. The summed E-state index contributed by atoms with van der Waals surface area (Å²) in [5.41, 5.74) is 8.60. The lowest BCUT2D eigenvalue weighted by Gasteiger charge is -2.19. The first-order valence-corrected chi connectivity index (χ1v) is 6.86. The highest BCUT2D eigenvalue weighted by Crippen LogP contribution is 2.12. The summed E-state index contributed by atoms with van der Waals surface area (Å²) in [6, 6.07) is 9.06. The number of nitrogen functional groups attached to an aromatic ring is 1. The smallest absolute Gasteiger partial charge is 0.274 e. The van der Waals surface area contributed by atoms with Gasteiger partial charge in [0.2, 0.25) is 0 Å². The van der Waals surface area contributed by atoms with E-state index in [0.717, 1.165) is 11.3 Å². The minimum Gasteiger partial charge on any atom is -0.399 e. The first-order chi connectivity index (χ1) is 10.0. The average molecular weight is 284 g/mol. The summed E-state index contributed by atoms with van der Waals surface area (Å²) in [5, 5.41) is 4.34. The predicted molar refractivity (Wildman–Crippen MR) is 84.4 cm³/mol. The molecule has 0 saturated carbocycles. The number of carbonyl (C=O) groups excluding carboxylic acids is 1. The molecule has 5 nitrogen and oxygen atoms in total. The minimum absolute atomic E-state index is 0.0882. The Kier molecular flexibility index (Phi) is 4.42. The van der Waals surface area contributed by atoms with Gasteiger partial charge >= 0.3 is 0 Å². The zero-order valence-electron chi connectivity index (χ0n) is 12.4. The maximum absolute atomic E-state index is 12.4. The Hall–Kier alpha value is -2.56. The van der Waals surface area contributed by atoms with Gasteiger partial charge in [0.1, 0.15) is 0 Å². The van der Waals surface area contributed by atoms with Gasteiger partial charge in [-0.05, 0) is 44.2 Å². The predicted octanol–water partition coefficient (Wildman–Crippen LogP) is 2.49. The maximum Gasteiger partial charge on any atom is 0.274 e. The van der Waals surface area contributed by atoms with Gasteiger partial charge in [-0.15, -0.1) is 0 Å². The highest BCUT2D eigenvalue weighted by molar-refractivity contribution is 5.92. The molecule has 2 aromatic rings. The van der Waals surface area contributed by atoms with Gasteiger partial charge in [0.05, 0.1) is 5.69 Å². The van der Waals surface area contributed by atoms with E-state index in [-0.39, 0.29) is 5.91 Å². The summed E-state index contributed by atoms with van der Waals surface area (Å²) < 4.78 is 1.67. The van der Waals surface area contributed by atoms with Crippen LogP contribution in [0, 0.1) is 0 Å². The van der Waals surface area contributed by atoms with E-state index in [1.165, 1.54) is 0 Å². The van der Waals surface area contributed by atoms with Crippen molar-refractivity contribution >= 4 is 11.6 Å². The van der Waals surface area contributed by atoms with E-state index in [0.29, 0.717) is 24.5 Å². The average Bonchev–Trinajstić information content (AvgIpc) is 2.94. The van der Waals surface area contributed by atoms with Gasteiger partial charge in [0, 0.05) is 25.0 Å². The number of hydrogen-bond donors (Lipinski definition) is 1. The van der Waals surface area contributed by atoms with Gasteiger partial charge < -0.3 is 10.6 Å². The number of amides is 1. The molecule has 0 fully saturated rings. The Balaban J connectivity index is 2.20. The van der Waals surface area contributed by atoms with Crippen molar-refractivity contribution in [2.24, 2.45) is 0 Å². The van der Waals surface area contributed by atoms with Crippen molar-refractivity contribution < 1.29 is 4.79 Å². The number of hydrogen-bond acceptors (Lipinski definition) is 3. The van der Waals surface area contributed by atoms with Crippen LogP contribution in [-0.2, 0) is 0 Å². The Bertz CT molecular complexity index is 643. The fourth-order valence-corrected chi connectivity index (χ4v) is 2.02. The molecule has 2 rings (SSSR count). The molecule has 0 spiro atoms. The molecule has 0 aliphatic rings. The number of nitrogens with two attached hydrogens (primary N) is 1. The monoisotopic (exact) mass is 284 g/mol. The Morgan fingerprint density at radius 1 is 1.33 bits per heavy atom. The third-order valence-electron chi connectivity index (χ3n) is 3.10. The maximum atomic E-state index is 12.4. The van der Waals surface area contributed by atoms with Crippen LogP contribution in [-0.4, -0.2) is 33.7 Å². The van der Waals surface area contributed by atoms with E-state index in [4.69, 9.17) is 5.73 Å². The van der Waals surface area contributed by atoms with Crippen LogP contribution in [0.3, 0.4) is 0 Å². The topological polar surface area (TPSA) is 64.2 Å². The highest BCUT2D eigenvalue weighted by Gasteiger charge is 2.17. The minimum atomic E-state index is -0.0882. The molecule has 0 bridgehead atoms. The van der Waals surface area contributed by atoms with Gasteiger partial charge in [0.15, 0.2) is 5.69 Å². The molecule has 0 aliphatic carbocycles. The number of rotatable bonds is 5. The SMILES string of the molecule is C=C(C)CN(CC)C(=O)c1ccn(-c2ccc(N)cc2)n1. The fourth-order valence-electron chi connectivity index (χ4n) is 2.02. The van der Waals surface area contributed by atoms with E-state index in [1.807, 2.05) is 26.0 Å². The van der Waals surface area contributed by atoms with Gasteiger partial charge in [-0.3, -0.25) is 4.79 Å². The standard InChI is InChI=1S/C16H20N4O/c1-4-19(11-12(2)3)16(21)15-9-10-20(18-15)14-7-5-13(17)6-8-14/h5-10H,2,4,11,17H2,1,3H3. The Morgan fingerprint density at radius 3 is 2.57 bits per heavy atom. The largest absolute Gasteiger partial charge is 0.399 e. The summed E-state index contributed by atoms with van der Waals surface area (Å²) in [4.78, 5) is 14.1. The van der Waals surface area contributed by atoms with Crippen molar-refractivity contribution in [2.45, 2.75) is 13.8 Å². The normalized spacial score (nSPS) is 10.4. The molecule has 5 heteroatoms. The summed E-state index contributed by atoms with van der Waals surface area (Å²) in [5.74, 6) is -0.0882. The third kappa shape index (κ3) is 3.51. The zero-order valence-corrected chi connectivity index (χ0v) is 12.4. The summed E-state index contributed by atoms with van der Waals surface area (Å²) in [6.45, 7) is 8.87. The summed E-state index contributed by atoms with van der Waals surface area (Å²) >= 11 is 0. The van der Waals surface area contributed by atoms with Crippen LogP contribution in [0.4, 0.5) is 5.69 Å². The highest BCUT2D eigenvalue weighted by atomic mass is 16.2. The number of nitrogens with zero attached hydrogens (tertiary/aromatic N) is 3. The molecule has 0 unspecified atom stereocenters. The van der Waals surface area contributed by atoms with E-state index < -0.39 is 0 Å². The van der Waals surface area contributed by atoms with Crippen LogP contribution in [0.1, 0.15) is 24.3 Å². The van der Waals surface area contributed by atoms with Crippen LogP contribution < -0.4 is 5.73 Å². The quantitative estimate of drug-likeness (QED) is 0.677. The van der Waals surface area contributed by atoms with Crippen LogP contribution in [0.15, 0.2) is 48.7 Å². The van der Waals surface area contributed by atoms with Crippen molar-refractivity contribution in [3.8, 4) is 5.69 Å². The van der Waals surface area contributed by atoms with Gasteiger partial charge in [-0.2, -0.15) is 5.10 Å². The van der Waals surface area contributed by atoms with Crippen molar-refractivity contribution in [3.63, 3.8) is 0 Å². The molecule has 1 aromatic carbocycles. The van der Waals surface area contributed by atoms with E-state index in [1.54, 1.807) is 34.0 Å². The number of aromatic nitrogens is 2. The molecular formula is C16H20N4O. The van der Waals surface area contributed by atoms with Crippen LogP contribution in [0.25, 0.3) is 5.69 Å². The second-order valence-corrected chi connectivity index (χ2v) is 5.01. The second-order valence-electron chi connectivity index (χ2n) is 5.01. The molecule has 0 aliphatic heterocycles. The molecular weight excluding hydrogens is 264 g/mol. The first kappa shape index (κ1) is 14.8. The molecule has 21 heavy (non-hydrogen) atoms. The third-order valence-corrected chi connectivity index (χ3v) is 3.10. The Labute approximate surface area is 124 Å². The molecule has 1 aromatic heterocycles. The van der Waals surface area contributed by atoms with E-state index >= 15 is 0 Å². The lowest BCUT2D eigenvalue weighted by molar-refractivity contribution is 0.0772. The molecule has 1 heterocycles. The molecule has 1 amide bonds. The number of likely N-dealkylation sites (N-methyl/N-ethyl adjacent to an activating group) is 1. The molecule has 0 saturated heterocycles. The van der Waals surface area contributed by atoms with Gasteiger partial charge in [0.25, 0.3) is 5.91 Å². The molecule has 0 radical (unpaired) electrons. The number of anilines is 1.